The third-order valence-electron chi connectivity index (χ3n) is 3.22. The molecule has 0 saturated heterocycles. The summed E-state index contributed by atoms with van der Waals surface area (Å²) in [6, 6.07) is 9.18. The van der Waals surface area contributed by atoms with E-state index in [9.17, 15) is 4.79 Å². The van der Waals surface area contributed by atoms with Crippen LogP contribution in [0.1, 0.15) is 17.3 Å². The maximum Gasteiger partial charge on any atom is 0.262 e. The molecule has 1 amide bonds. The number of allylic oxidation sites excluding steroid dienone is 1. The molecule has 0 saturated carbocycles. The van der Waals surface area contributed by atoms with Crippen LogP contribution in [0.4, 0.5) is 5.69 Å². The molecule has 0 unspecified atom stereocenters. The van der Waals surface area contributed by atoms with Gasteiger partial charge in [-0.25, -0.2) is 14.5 Å². The van der Waals surface area contributed by atoms with E-state index in [0.29, 0.717) is 28.4 Å². The average Bonchev–Trinajstić information content (AvgIpc) is 3.00. The Morgan fingerprint density at radius 1 is 1.36 bits per heavy atom. The van der Waals surface area contributed by atoms with Gasteiger partial charge >= 0.3 is 0 Å². The standard InChI is InChI=1S/C17H15BrN6O/c1-11(19)9-15(22-14-6-3-2-5-13(14)18)23-17(25)12-10-21-24-8-4-7-20-16(12)24/h2-10H,19H2,1H3,(H,22,23,25). The zero-order chi connectivity index (χ0) is 17.8. The molecule has 25 heavy (non-hydrogen) atoms. The summed E-state index contributed by atoms with van der Waals surface area (Å²) in [4.78, 5) is 21.3. The predicted molar refractivity (Wildman–Crippen MR) is 99.6 cm³/mol. The van der Waals surface area contributed by atoms with Crippen LogP contribution in [0.25, 0.3) is 5.65 Å². The van der Waals surface area contributed by atoms with E-state index in [1.54, 1.807) is 31.5 Å². The Bertz CT molecular complexity index is 987. The van der Waals surface area contributed by atoms with Gasteiger partial charge in [-0.3, -0.25) is 4.79 Å². The fourth-order valence-corrected chi connectivity index (χ4v) is 2.53. The van der Waals surface area contributed by atoms with Gasteiger partial charge in [-0.05, 0) is 47.1 Å². The summed E-state index contributed by atoms with van der Waals surface area (Å²) in [5.74, 6) is -0.0378. The number of carbonyl (C=O) groups is 1. The SMILES string of the molecule is CC(N)=CC(=Nc1ccccc1Br)NC(=O)c1cnn2cccnc12. The highest BCUT2D eigenvalue weighted by atomic mass is 79.9. The normalized spacial score (nSPS) is 12.4. The Labute approximate surface area is 152 Å². The molecule has 0 fully saturated rings. The molecule has 3 aromatic rings. The Kier molecular flexibility index (Phi) is 4.90. The Morgan fingerprint density at radius 2 is 2.16 bits per heavy atom. The number of aliphatic imine (C=N–C) groups is 1. The van der Waals surface area contributed by atoms with E-state index in [1.165, 1.54) is 10.7 Å². The van der Waals surface area contributed by atoms with Crippen molar-refractivity contribution in [2.24, 2.45) is 10.7 Å². The smallest absolute Gasteiger partial charge is 0.262 e. The second kappa shape index (κ2) is 7.27. The third-order valence-corrected chi connectivity index (χ3v) is 3.89. The molecule has 7 nitrogen and oxygen atoms in total. The second-order valence-corrected chi connectivity index (χ2v) is 6.09. The van der Waals surface area contributed by atoms with Crippen LogP contribution in [-0.4, -0.2) is 26.3 Å². The second-order valence-electron chi connectivity index (χ2n) is 5.24. The number of rotatable bonds is 3. The summed E-state index contributed by atoms with van der Waals surface area (Å²) >= 11 is 3.43. The Morgan fingerprint density at radius 3 is 2.92 bits per heavy atom. The van der Waals surface area contributed by atoms with Gasteiger partial charge in [-0.15, -0.1) is 0 Å². The molecule has 3 rings (SSSR count). The van der Waals surface area contributed by atoms with E-state index in [2.05, 4.69) is 36.3 Å². The number of hydrogen-bond donors (Lipinski definition) is 2. The number of nitrogens with one attached hydrogen (secondary N) is 1. The van der Waals surface area contributed by atoms with Crippen LogP contribution in [0.3, 0.4) is 0 Å². The lowest BCUT2D eigenvalue weighted by Gasteiger charge is -2.06. The molecule has 0 spiro atoms. The quantitative estimate of drug-likeness (QED) is 0.523. The highest BCUT2D eigenvalue weighted by molar-refractivity contribution is 9.10. The van der Waals surface area contributed by atoms with Gasteiger partial charge in [-0.1, -0.05) is 12.1 Å². The maximum atomic E-state index is 12.6. The van der Waals surface area contributed by atoms with E-state index in [0.717, 1.165) is 4.47 Å². The molecule has 0 aliphatic heterocycles. The van der Waals surface area contributed by atoms with Crippen molar-refractivity contribution in [3.05, 3.63) is 70.7 Å². The lowest BCUT2D eigenvalue weighted by Crippen LogP contribution is -2.29. The molecule has 0 bridgehead atoms. The summed E-state index contributed by atoms with van der Waals surface area (Å²) < 4.78 is 2.34. The van der Waals surface area contributed by atoms with E-state index in [-0.39, 0.29) is 5.91 Å². The van der Waals surface area contributed by atoms with Crippen LogP contribution >= 0.6 is 15.9 Å². The molecule has 0 atom stereocenters. The van der Waals surface area contributed by atoms with Gasteiger partial charge in [0.25, 0.3) is 5.91 Å². The third kappa shape index (κ3) is 3.92. The van der Waals surface area contributed by atoms with Crippen molar-refractivity contribution >= 4 is 39.0 Å². The van der Waals surface area contributed by atoms with Gasteiger partial charge in [0, 0.05) is 22.6 Å². The first-order valence-corrected chi connectivity index (χ1v) is 8.20. The monoisotopic (exact) mass is 398 g/mol. The Balaban J connectivity index is 1.94. The molecule has 0 aliphatic rings. The highest BCUT2D eigenvalue weighted by Crippen LogP contribution is 2.24. The van der Waals surface area contributed by atoms with Crippen LogP contribution < -0.4 is 11.1 Å². The molecular weight excluding hydrogens is 384 g/mol. The fourth-order valence-electron chi connectivity index (χ4n) is 2.16. The number of para-hydroxylation sites is 1. The van der Waals surface area contributed by atoms with Crippen molar-refractivity contribution in [1.29, 1.82) is 0 Å². The van der Waals surface area contributed by atoms with E-state index < -0.39 is 0 Å². The fraction of sp³-hybridized carbons (Fsp3) is 0.0588. The number of hydrogen-bond acceptors (Lipinski definition) is 5. The van der Waals surface area contributed by atoms with Crippen molar-refractivity contribution in [3.63, 3.8) is 0 Å². The largest absolute Gasteiger partial charge is 0.402 e. The first-order valence-electron chi connectivity index (χ1n) is 7.41. The molecule has 3 N–H and O–H groups in total. The number of amidine groups is 1. The minimum Gasteiger partial charge on any atom is -0.402 e. The molecule has 0 radical (unpaired) electrons. The van der Waals surface area contributed by atoms with Crippen LogP contribution in [0.2, 0.25) is 0 Å². The van der Waals surface area contributed by atoms with Gasteiger partial charge < -0.3 is 11.1 Å². The summed E-state index contributed by atoms with van der Waals surface area (Å²) in [5.41, 5.74) is 7.77. The topological polar surface area (TPSA) is 97.7 Å². The van der Waals surface area contributed by atoms with Crippen LogP contribution in [0.5, 0.6) is 0 Å². The van der Waals surface area contributed by atoms with Crippen molar-refractivity contribution in [2.75, 3.05) is 0 Å². The molecule has 1 aromatic carbocycles. The van der Waals surface area contributed by atoms with Crippen molar-refractivity contribution in [1.82, 2.24) is 19.9 Å². The number of benzene rings is 1. The van der Waals surface area contributed by atoms with Crippen LogP contribution in [0.15, 0.2) is 70.2 Å². The van der Waals surface area contributed by atoms with Gasteiger partial charge in [-0.2, -0.15) is 5.10 Å². The lowest BCUT2D eigenvalue weighted by atomic mass is 10.3. The lowest BCUT2D eigenvalue weighted by molar-refractivity contribution is 0.0978. The molecule has 2 heterocycles. The molecule has 2 aromatic heterocycles. The number of aromatic nitrogens is 3. The van der Waals surface area contributed by atoms with Gasteiger partial charge in [0.1, 0.15) is 11.4 Å². The van der Waals surface area contributed by atoms with Crippen LogP contribution in [0, 0.1) is 0 Å². The summed E-state index contributed by atoms with van der Waals surface area (Å²) in [6.45, 7) is 1.72. The van der Waals surface area contributed by atoms with Gasteiger partial charge in [0.2, 0.25) is 0 Å². The zero-order valence-electron chi connectivity index (χ0n) is 13.3. The molecular formula is C17H15BrN6O. The van der Waals surface area contributed by atoms with Gasteiger partial charge in [0.05, 0.1) is 11.9 Å². The first-order chi connectivity index (χ1) is 12.0. The van der Waals surface area contributed by atoms with Crippen molar-refractivity contribution in [3.8, 4) is 0 Å². The molecule has 126 valence electrons. The maximum absolute atomic E-state index is 12.6. The average molecular weight is 399 g/mol. The molecule has 8 heteroatoms. The van der Waals surface area contributed by atoms with E-state index in [4.69, 9.17) is 5.73 Å². The summed E-state index contributed by atoms with van der Waals surface area (Å²) in [5, 5.41) is 6.87. The number of halogens is 1. The minimum atomic E-state index is -0.364. The summed E-state index contributed by atoms with van der Waals surface area (Å²) in [6.07, 6.45) is 6.39. The molecule has 0 aliphatic carbocycles. The Hall–Kier alpha value is -3.00. The minimum absolute atomic E-state index is 0.326. The number of nitrogens with two attached hydrogens (primary N) is 1. The summed E-state index contributed by atoms with van der Waals surface area (Å²) in [7, 11) is 0. The van der Waals surface area contributed by atoms with E-state index in [1.807, 2.05) is 24.3 Å². The number of carbonyl (C=O) groups excluding carboxylic acids is 1. The van der Waals surface area contributed by atoms with Crippen molar-refractivity contribution in [2.45, 2.75) is 6.92 Å². The van der Waals surface area contributed by atoms with Crippen molar-refractivity contribution < 1.29 is 4.79 Å². The number of amides is 1. The predicted octanol–water partition coefficient (Wildman–Crippen LogP) is 2.81. The van der Waals surface area contributed by atoms with Crippen LogP contribution in [-0.2, 0) is 0 Å². The first kappa shape index (κ1) is 16.8. The highest BCUT2D eigenvalue weighted by Gasteiger charge is 2.15. The number of fused-ring (bicyclic) bond motifs is 1. The van der Waals surface area contributed by atoms with Gasteiger partial charge in [0.15, 0.2) is 5.65 Å². The zero-order valence-corrected chi connectivity index (χ0v) is 14.9. The number of nitrogens with zero attached hydrogens (tertiary/aromatic N) is 4. The van der Waals surface area contributed by atoms with E-state index >= 15 is 0 Å².